The zero-order valence-corrected chi connectivity index (χ0v) is 14.8. The van der Waals surface area contributed by atoms with Crippen LogP contribution in [0.15, 0.2) is 30.5 Å². The van der Waals surface area contributed by atoms with Gasteiger partial charge in [0.1, 0.15) is 0 Å². The van der Waals surface area contributed by atoms with Crippen LogP contribution in [-0.4, -0.2) is 28.3 Å². The number of rotatable bonds is 6. The third-order valence-electron chi connectivity index (χ3n) is 4.38. The highest BCUT2D eigenvalue weighted by molar-refractivity contribution is 6.30. The van der Waals surface area contributed by atoms with Crippen LogP contribution in [0.1, 0.15) is 48.7 Å². The summed E-state index contributed by atoms with van der Waals surface area (Å²) in [5.74, 6) is 0.580. The average molecular weight is 347 g/mol. The van der Waals surface area contributed by atoms with Crippen molar-refractivity contribution in [1.82, 2.24) is 15.1 Å². The smallest absolute Gasteiger partial charge is 0.254 e. The highest BCUT2D eigenvalue weighted by Crippen LogP contribution is 2.31. The lowest BCUT2D eigenvalue weighted by atomic mass is 10.0. The maximum absolute atomic E-state index is 12.6. The van der Waals surface area contributed by atoms with Crippen molar-refractivity contribution in [2.75, 3.05) is 6.54 Å². The lowest BCUT2D eigenvalue weighted by molar-refractivity contribution is 0.0949. The molecule has 1 aromatic heterocycles. The summed E-state index contributed by atoms with van der Waals surface area (Å²) >= 11 is 6.08. The van der Waals surface area contributed by atoms with Gasteiger partial charge in [-0.2, -0.15) is 5.10 Å². The molecular weight excluding hydrogens is 324 g/mol. The van der Waals surface area contributed by atoms with Gasteiger partial charge in [-0.15, -0.1) is 0 Å². The molecule has 0 spiro atoms. The lowest BCUT2D eigenvalue weighted by Crippen LogP contribution is -2.38. The fourth-order valence-corrected chi connectivity index (χ4v) is 3.08. The van der Waals surface area contributed by atoms with Crippen LogP contribution < -0.4 is 11.1 Å². The molecule has 0 bridgehead atoms. The molecule has 3 N–H and O–H groups in total. The molecule has 0 saturated heterocycles. The Morgan fingerprint density at radius 1 is 1.46 bits per heavy atom. The first-order valence-electron chi connectivity index (χ1n) is 8.35. The third-order valence-corrected chi connectivity index (χ3v) is 4.61. The highest BCUT2D eigenvalue weighted by atomic mass is 35.5. The lowest BCUT2D eigenvalue weighted by Gasteiger charge is -2.14. The molecule has 1 aliphatic carbocycles. The summed E-state index contributed by atoms with van der Waals surface area (Å²) in [7, 11) is 0. The molecule has 128 valence electrons. The molecule has 1 amide bonds. The van der Waals surface area contributed by atoms with E-state index in [1.165, 1.54) is 12.8 Å². The minimum Gasteiger partial charge on any atom is -0.350 e. The van der Waals surface area contributed by atoms with E-state index in [2.05, 4.69) is 10.4 Å². The average Bonchev–Trinajstić information content (AvgIpc) is 3.30. The van der Waals surface area contributed by atoms with E-state index in [-0.39, 0.29) is 17.9 Å². The van der Waals surface area contributed by atoms with Gasteiger partial charge >= 0.3 is 0 Å². The minimum atomic E-state index is -0.122. The van der Waals surface area contributed by atoms with Crippen LogP contribution in [0, 0.1) is 5.92 Å². The number of benzene rings is 1. The summed E-state index contributed by atoms with van der Waals surface area (Å²) in [6, 6.07) is 7.49. The highest BCUT2D eigenvalue weighted by Gasteiger charge is 2.29. The molecule has 0 radical (unpaired) electrons. The van der Waals surface area contributed by atoms with Crippen molar-refractivity contribution in [3.63, 3.8) is 0 Å². The third kappa shape index (κ3) is 3.62. The van der Waals surface area contributed by atoms with Gasteiger partial charge < -0.3 is 11.1 Å². The van der Waals surface area contributed by atoms with E-state index >= 15 is 0 Å². The maximum Gasteiger partial charge on any atom is 0.254 e. The van der Waals surface area contributed by atoms with Crippen LogP contribution in [0.4, 0.5) is 0 Å². The summed E-state index contributed by atoms with van der Waals surface area (Å²) in [5.41, 5.74) is 8.37. The zero-order valence-electron chi connectivity index (χ0n) is 14.0. The summed E-state index contributed by atoms with van der Waals surface area (Å²) < 4.78 is 1.78. The molecule has 1 aliphatic rings. The Labute approximate surface area is 147 Å². The van der Waals surface area contributed by atoms with Gasteiger partial charge in [-0.3, -0.25) is 4.79 Å². The molecule has 1 heterocycles. The van der Waals surface area contributed by atoms with Gasteiger partial charge in [-0.1, -0.05) is 31.5 Å². The number of amides is 1. The van der Waals surface area contributed by atoms with Gasteiger partial charge in [0.15, 0.2) is 0 Å². The molecule has 1 atom stereocenters. The van der Waals surface area contributed by atoms with E-state index in [4.69, 9.17) is 17.3 Å². The van der Waals surface area contributed by atoms with Crippen molar-refractivity contribution in [1.29, 1.82) is 0 Å². The molecule has 0 aliphatic heterocycles. The number of nitrogens with zero attached hydrogens (tertiary/aromatic N) is 2. The molecule has 1 saturated carbocycles. The van der Waals surface area contributed by atoms with E-state index in [9.17, 15) is 4.79 Å². The normalized spacial score (nSPS) is 15.5. The molecule has 1 fully saturated rings. The van der Waals surface area contributed by atoms with Gasteiger partial charge in [0.05, 0.1) is 23.1 Å². The van der Waals surface area contributed by atoms with Crippen LogP contribution in [0.2, 0.25) is 5.02 Å². The first-order chi connectivity index (χ1) is 11.5. The summed E-state index contributed by atoms with van der Waals surface area (Å²) in [4.78, 5) is 12.6. The standard InChI is InChI=1S/C18H23ClN4O/c1-11(2)17-15(18(24)21-10-16(20)12-6-7-12)9-22-23(17)14-5-3-4-13(19)8-14/h3-5,8-9,11-12,16H,6-7,10,20H2,1-2H3,(H,21,24). The van der Waals surface area contributed by atoms with Crippen molar-refractivity contribution in [3.05, 3.63) is 46.7 Å². The Bertz CT molecular complexity index is 736. The molecule has 3 rings (SSSR count). The Kier molecular flexibility index (Phi) is 4.92. The van der Waals surface area contributed by atoms with Crippen LogP contribution in [-0.2, 0) is 0 Å². The Balaban J connectivity index is 1.84. The van der Waals surface area contributed by atoms with Crippen molar-refractivity contribution in [2.45, 2.75) is 38.6 Å². The number of carbonyl (C=O) groups is 1. The number of nitrogens with one attached hydrogen (secondary N) is 1. The largest absolute Gasteiger partial charge is 0.350 e. The van der Waals surface area contributed by atoms with E-state index in [0.29, 0.717) is 23.0 Å². The molecule has 24 heavy (non-hydrogen) atoms. The number of aromatic nitrogens is 2. The van der Waals surface area contributed by atoms with Crippen LogP contribution in [0.25, 0.3) is 5.69 Å². The van der Waals surface area contributed by atoms with E-state index in [1.807, 2.05) is 38.1 Å². The van der Waals surface area contributed by atoms with Crippen LogP contribution in [0.3, 0.4) is 0 Å². The first kappa shape index (κ1) is 17.0. The topological polar surface area (TPSA) is 72.9 Å². The van der Waals surface area contributed by atoms with Crippen molar-refractivity contribution in [3.8, 4) is 5.69 Å². The number of nitrogens with two attached hydrogens (primary N) is 1. The van der Waals surface area contributed by atoms with E-state index in [1.54, 1.807) is 10.9 Å². The quantitative estimate of drug-likeness (QED) is 0.844. The molecule has 6 heteroatoms. The Morgan fingerprint density at radius 3 is 2.83 bits per heavy atom. The molecule has 1 aromatic carbocycles. The Morgan fingerprint density at radius 2 is 2.21 bits per heavy atom. The summed E-state index contributed by atoms with van der Waals surface area (Å²) in [6.07, 6.45) is 3.95. The predicted molar refractivity (Wildman–Crippen MR) is 95.7 cm³/mol. The summed E-state index contributed by atoms with van der Waals surface area (Å²) in [5, 5.41) is 8.00. The second kappa shape index (κ2) is 6.95. The fraction of sp³-hybridized carbons (Fsp3) is 0.444. The van der Waals surface area contributed by atoms with Crippen molar-refractivity contribution >= 4 is 17.5 Å². The van der Waals surface area contributed by atoms with Crippen molar-refractivity contribution < 1.29 is 4.79 Å². The van der Waals surface area contributed by atoms with E-state index < -0.39 is 0 Å². The van der Waals surface area contributed by atoms with Gasteiger partial charge in [0, 0.05) is 17.6 Å². The number of hydrogen-bond acceptors (Lipinski definition) is 3. The van der Waals surface area contributed by atoms with Gasteiger partial charge in [-0.25, -0.2) is 4.68 Å². The first-order valence-corrected chi connectivity index (χ1v) is 8.72. The van der Waals surface area contributed by atoms with Gasteiger partial charge in [0.2, 0.25) is 0 Å². The van der Waals surface area contributed by atoms with Crippen LogP contribution >= 0.6 is 11.6 Å². The molecular formula is C18H23ClN4O. The summed E-state index contributed by atoms with van der Waals surface area (Å²) in [6.45, 7) is 4.60. The number of hydrogen-bond donors (Lipinski definition) is 2. The maximum atomic E-state index is 12.6. The second-order valence-corrected chi connectivity index (χ2v) is 7.14. The molecule has 2 aromatic rings. The zero-order chi connectivity index (χ0) is 17.3. The number of carbonyl (C=O) groups excluding carboxylic acids is 1. The van der Waals surface area contributed by atoms with Crippen LogP contribution in [0.5, 0.6) is 0 Å². The van der Waals surface area contributed by atoms with Crippen molar-refractivity contribution in [2.24, 2.45) is 11.7 Å². The van der Waals surface area contributed by atoms with E-state index in [0.717, 1.165) is 11.4 Å². The number of halogens is 1. The SMILES string of the molecule is CC(C)c1c(C(=O)NCC(N)C2CC2)cnn1-c1cccc(Cl)c1. The van der Waals surface area contributed by atoms with Gasteiger partial charge in [-0.05, 0) is 42.9 Å². The minimum absolute atomic E-state index is 0.0411. The Hall–Kier alpha value is -1.85. The second-order valence-electron chi connectivity index (χ2n) is 6.70. The molecule has 1 unspecified atom stereocenters. The fourth-order valence-electron chi connectivity index (χ4n) is 2.90. The monoisotopic (exact) mass is 346 g/mol. The van der Waals surface area contributed by atoms with Gasteiger partial charge in [0.25, 0.3) is 5.91 Å². The molecule has 5 nitrogen and oxygen atoms in total. The predicted octanol–water partition coefficient (Wildman–Crippen LogP) is 3.12.